The Morgan fingerprint density at radius 3 is 2.15 bits per heavy atom. The predicted molar refractivity (Wildman–Crippen MR) is 60.1 cm³/mol. The molecule has 2 nitrogen and oxygen atoms in total. The summed E-state index contributed by atoms with van der Waals surface area (Å²) in [5, 5.41) is 6.78. The smallest absolute Gasteiger partial charge is 0.00368 e. The second-order valence-corrected chi connectivity index (χ2v) is 3.99. The Kier molecular flexibility index (Phi) is 9.94. The SMILES string of the molecule is CCNCCCNCCCC(C)C. The van der Waals surface area contributed by atoms with Crippen molar-refractivity contribution in [2.24, 2.45) is 5.92 Å². The number of nitrogens with one attached hydrogen (secondary N) is 2. The van der Waals surface area contributed by atoms with E-state index < -0.39 is 0 Å². The number of hydrogen-bond acceptors (Lipinski definition) is 2. The minimum Gasteiger partial charge on any atom is -0.317 e. The predicted octanol–water partition coefficient (Wildman–Crippen LogP) is 2.01. The van der Waals surface area contributed by atoms with Crippen molar-refractivity contribution in [1.82, 2.24) is 10.6 Å². The molecule has 0 aromatic carbocycles. The molecule has 2 heteroatoms. The van der Waals surface area contributed by atoms with Crippen molar-refractivity contribution in [3.05, 3.63) is 0 Å². The van der Waals surface area contributed by atoms with Crippen LogP contribution in [0.3, 0.4) is 0 Å². The largest absolute Gasteiger partial charge is 0.317 e. The first-order chi connectivity index (χ1) is 6.27. The molecular weight excluding hydrogens is 160 g/mol. The van der Waals surface area contributed by atoms with E-state index in [-0.39, 0.29) is 0 Å². The molecule has 0 saturated carbocycles. The molecule has 2 N–H and O–H groups in total. The molecular formula is C11H26N2. The van der Waals surface area contributed by atoms with E-state index in [9.17, 15) is 0 Å². The minimum absolute atomic E-state index is 0.851. The molecule has 0 unspecified atom stereocenters. The van der Waals surface area contributed by atoms with Gasteiger partial charge in [-0.05, 0) is 51.4 Å². The van der Waals surface area contributed by atoms with Crippen LogP contribution in [-0.4, -0.2) is 26.2 Å². The highest BCUT2D eigenvalue weighted by atomic mass is 14.9. The second kappa shape index (κ2) is 10.0. The van der Waals surface area contributed by atoms with Crippen LogP contribution in [0.1, 0.15) is 40.0 Å². The molecule has 0 aliphatic carbocycles. The Balaban J connectivity index is 2.84. The van der Waals surface area contributed by atoms with Gasteiger partial charge in [-0.1, -0.05) is 20.8 Å². The lowest BCUT2D eigenvalue weighted by Crippen LogP contribution is -2.22. The molecule has 0 aliphatic rings. The molecule has 0 fully saturated rings. The van der Waals surface area contributed by atoms with Crippen LogP contribution in [0.5, 0.6) is 0 Å². The maximum Gasteiger partial charge on any atom is -0.00368 e. The Morgan fingerprint density at radius 2 is 1.54 bits per heavy atom. The standard InChI is InChI=1S/C11H26N2/c1-4-12-9-6-10-13-8-5-7-11(2)3/h11-13H,4-10H2,1-3H3. The summed E-state index contributed by atoms with van der Waals surface area (Å²) in [7, 11) is 0. The zero-order valence-corrected chi connectivity index (χ0v) is 9.53. The van der Waals surface area contributed by atoms with E-state index in [1.54, 1.807) is 0 Å². The molecule has 0 bridgehead atoms. The first-order valence-corrected chi connectivity index (χ1v) is 5.68. The molecule has 13 heavy (non-hydrogen) atoms. The van der Waals surface area contributed by atoms with Gasteiger partial charge >= 0.3 is 0 Å². The summed E-state index contributed by atoms with van der Waals surface area (Å²) in [5.74, 6) is 0.851. The topological polar surface area (TPSA) is 24.1 Å². The van der Waals surface area contributed by atoms with Crippen LogP contribution in [0.25, 0.3) is 0 Å². The van der Waals surface area contributed by atoms with E-state index in [0.717, 1.165) is 25.6 Å². The fourth-order valence-corrected chi connectivity index (χ4v) is 1.28. The van der Waals surface area contributed by atoms with Crippen molar-refractivity contribution in [2.45, 2.75) is 40.0 Å². The molecule has 0 aromatic heterocycles. The van der Waals surface area contributed by atoms with Crippen molar-refractivity contribution < 1.29 is 0 Å². The van der Waals surface area contributed by atoms with Crippen molar-refractivity contribution in [2.75, 3.05) is 26.2 Å². The van der Waals surface area contributed by atoms with E-state index >= 15 is 0 Å². The van der Waals surface area contributed by atoms with Crippen LogP contribution in [0, 0.1) is 5.92 Å². The van der Waals surface area contributed by atoms with Gasteiger partial charge in [0.05, 0.1) is 0 Å². The van der Waals surface area contributed by atoms with Gasteiger partial charge in [-0.25, -0.2) is 0 Å². The third-order valence-corrected chi connectivity index (χ3v) is 2.09. The molecule has 0 spiro atoms. The molecule has 0 amide bonds. The van der Waals surface area contributed by atoms with Gasteiger partial charge in [0.2, 0.25) is 0 Å². The number of hydrogen-bond donors (Lipinski definition) is 2. The van der Waals surface area contributed by atoms with E-state index in [4.69, 9.17) is 0 Å². The fraction of sp³-hybridized carbons (Fsp3) is 1.00. The molecule has 0 radical (unpaired) electrons. The Labute approximate surface area is 83.5 Å². The van der Waals surface area contributed by atoms with Crippen LogP contribution < -0.4 is 10.6 Å². The van der Waals surface area contributed by atoms with Crippen molar-refractivity contribution >= 4 is 0 Å². The van der Waals surface area contributed by atoms with Gasteiger partial charge in [-0.3, -0.25) is 0 Å². The fourth-order valence-electron chi connectivity index (χ4n) is 1.28. The lowest BCUT2D eigenvalue weighted by atomic mass is 10.1. The van der Waals surface area contributed by atoms with Gasteiger partial charge in [-0.2, -0.15) is 0 Å². The summed E-state index contributed by atoms with van der Waals surface area (Å²) in [6.45, 7) is 11.3. The Hall–Kier alpha value is -0.0800. The molecule has 0 rings (SSSR count). The molecule has 0 aromatic rings. The zero-order chi connectivity index (χ0) is 9.94. The van der Waals surface area contributed by atoms with Crippen LogP contribution in [0.4, 0.5) is 0 Å². The number of rotatable bonds is 9. The van der Waals surface area contributed by atoms with E-state index in [0.29, 0.717) is 0 Å². The maximum absolute atomic E-state index is 3.46. The summed E-state index contributed by atoms with van der Waals surface area (Å²) >= 11 is 0. The van der Waals surface area contributed by atoms with Crippen molar-refractivity contribution in [3.8, 4) is 0 Å². The van der Waals surface area contributed by atoms with Crippen LogP contribution >= 0.6 is 0 Å². The average molecular weight is 186 g/mol. The highest BCUT2D eigenvalue weighted by molar-refractivity contribution is 4.52. The lowest BCUT2D eigenvalue weighted by molar-refractivity contribution is 0.520. The summed E-state index contributed by atoms with van der Waals surface area (Å²) in [6.07, 6.45) is 3.91. The molecule has 0 heterocycles. The third-order valence-electron chi connectivity index (χ3n) is 2.09. The lowest BCUT2D eigenvalue weighted by Gasteiger charge is -2.06. The van der Waals surface area contributed by atoms with E-state index in [1.165, 1.54) is 25.8 Å². The van der Waals surface area contributed by atoms with E-state index in [1.807, 2.05) is 0 Å². The van der Waals surface area contributed by atoms with Crippen molar-refractivity contribution in [3.63, 3.8) is 0 Å². The molecule has 0 aliphatic heterocycles. The molecule has 0 saturated heterocycles. The Morgan fingerprint density at radius 1 is 0.923 bits per heavy atom. The summed E-state index contributed by atoms with van der Waals surface area (Å²) in [4.78, 5) is 0. The first-order valence-electron chi connectivity index (χ1n) is 5.68. The summed E-state index contributed by atoms with van der Waals surface area (Å²) in [6, 6.07) is 0. The van der Waals surface area contributed by atoms with Crippen LogP contribution in [0.2, 0.25) is 0 Å². The third kappa shape index (κ3) is 11.9. The normalized spacial score (nSPS) is 11.1. The van der Waals surface area contributed by atoms with Crippen LogP contribution in [0.15, 0.2) is 0 Å². The highest BCUT2D eigenvalue weighted by Crippen LogP contribution is 2.01. The Bertz CT molecular complexity index is 92.1. The van der Waals surface area contributed by atoms with E-state index in [2.05, 4.69) is 31.4 Å². The molecule has 0 atom stereocenters. The minimum atomic E-state index is 0.851. The van der Waals surface area contributed by atoms with Gasteiger partial charge < -0.3 is 10.6 Å². The maximum atomic E-state index is 3.46. The monoisotopic (exact) mass is 186 g/mol. The van der Waals surface area contributed by atoms with Gasteiger partial charge in [0.15, 0.2) is 0 Å². The summed E-state index contributed by atoms with van der Waals surface area (Å²) in [5.41, 5.74) is 0. The second-order valence-electron chi connectivity index (χ2n) is 3.99. The zero-order valence-electron chi connectivity index (χ0n) is 9.53. The molecule has 80 valence electrons. The average Bonchev–Trinajstić information content (AvgIpc) is 2.09. The van der Waals surface area contributed by atoms with Gasteiger partial charge in [-0.15, -0.1) is 0 Å². The van der Waals surface area contributed by atoms with Crippen LogP contribution in [-0.2, 0) is 0 Å². The van der Waals surface area contributed by atoms with Gasteiger partial charge in [0.1, 0.15) is 0 Å². The van der Waals surface area contributed by atoms with Crippen molar-refractivity contribution in [1.29, 1.82) is 0 Å². The quantitative estimate of drug-likeness (QED) is 0.538. The highest BCUT2D eigenvalue weighted by Gasteiger charge is 1.93. The summed E-state index contributed by atoms with van der Waals surface area (Å²) < 4.78 is 0. The first kappa shape index (κ1) is 12.9. The van der Waals surface area contributed by atoms with Gasteiger partial charge in [0.25, 0.3) is 0 Å². The van der Waals surface area contributed by atoms with Gasteiger partial charge in [0, 0.05) is 0 Å².